The number of aliphatic imine (C=N–C) groups is 1. The molecule has 0 radical (unpaired) electrons. The van der Waals surface area contributed by atoms with Gasteiger partial charge in [0.2, 0.25) is 12.9 Å². The molecule has 0 saturated heterocycles. The first-order valence-electron chi connectivity index (χ1n) is 6.30. The van der Waals surface area contributed by atoms with Gasteiger partial charge in [-0.05, 0) is 18.8 Å². The maximum atomic E-state index is 10.7. The molecule has 1 aromatic carbocycles. The molecule has 4 nitrogen and oxygen atoms in total. The number of nitrogens with zero attached hydrogens (tertiary/aromatic N) is 1. The molecule has 100 valence electrons. The fourth-order valence-corrected chi connectivity index (χ4v) is 3.06. The van der Waals surface area contributed by atoms with Gasteiger partial charge in [-0.2, -0.15) is 4.99 Å². The van der Waals surface area contributed by atoms with Crippen molar-refractivity contribution < 1.29 is 14.3 Å². The van der Waals surface area contributed by atoms with Gasteiger partial charge in [-0.15, -0.1) is 0 Å². The lowest BCUT2D eigenvalue weighted by molar-refractivity contribution is 0.173. The zero-order chi connectivity index (χ0) is 13.6. The van der Waals surface area contributed by atoms with Crippen LogP contribution in [0.1, 0.15) is 43.7 Å². The zero-order valence-electron chi connectivity index (χ0n) is 10.8. The van der Waals surface area contributed by atoms with E-state index in [1.54, 1.807) is 12.1 Å². The molecule has 0 bridgehead atoms. The van der Waals surface area contributed by atoms with Crippen LogP contribution in [0.25, 0.3) is 0 Å². The fourth-order valence-electron chi connectivity index (χ4n) is 2.68. The molecule has 0 amide bonds. The van der Waals surface area contributed by atoms with Crippen molar-refractivity contribution in [1.29, 1.82) is 0 Å². The van der Waals surface area contributed by atoms with Crippen LogP contribution in [0.3, 0.4) is 0 Å². The Morgan fingerprint density at radius 3 is 2.74 bits per heavy atom. The van der Waals surface area contributed by atoms with Crippen molar-refractivity contribution in [3.05, 3.63) is 22.2 Å². The predicted molar refractivity (Wildman–Crippen MR) is 70.7 cm³/mol. The van der Waals surface area contributed by atoms with Crippen LogP contribution in [0.15, 0.2) is 11.1 Å². The van der Waals surface area contributed by atoms with Crippen LogP contribution < -0.4 is 9.47 Å². The molecule has 0 aromatic heterocycles. The van der Waals surface area contributed by atoms with Gasteiger partial charge in [-0.25, -0.2) is 4.79 Å². The van der Waals surface area contributed by atoms with E-state index in [4.69, 9.17) is 21.1 Å². The number of hydrogen-bond donors (Lipinski definition) is 0. The van der Waals surface area contributed by atoms with Crippen molar-refractivity contribution in [3.8, 4) is 11.5 Å². The quantitative estimate of drug-likeness (QED) is 0.628. The topological polar surface area (TPSA) is 47.9 Å². The number of ether oxygens (including phenoxy) is 2. The number of fused-ring (bicyclic) bond motifs is 1. The van der Waals surface area contributed by atoms with Crippen molar-refractivity contribution >= 4 is 17.7 Å². The lowest BCUT2D eigenvalue weighted by Gasteiger charge is -2.20. The maximum Gasteiger partial charge on any atom is 0.235 e. The highest BCUT2D eigenvalue weighted by atomic mass is 35.5. The summed E-state index contributed by atoms with van der Waals surface area (Å²) in [5.74, 6) is 1.62. The molecule has 5 heteroatoms. The number of carbonyl (C=O) groups excluding carboxylic acids is 1. The summed E-state index contributed by atoms with van der Waals surface area (Å²) in [5, 5.41) is 0.587. The molecule has 1 fully saturated rings. The smallest absolute Gasteiger partial charge is 0.235 e. The molecule has 1 heterocycles. The standard InChI is InChI=1S/C14H14ClNO3/c1-8(2)11-12(14(3-4-14)16-6-17)9(15)5-10-13(11)19-7-18-10/h5,8H,3-4,7H2,1-2H3. The number of hydrogen-bond acceptors (Lipinski definition) is 4. The van der Waals surface area contributed by atoms with E-state index >= 15 is 0 Å². The summed E-state index contributed by atoms with van der Waals surface area (Å²) >= 11 is 6.39. The predicted octanol–water partition coefficient (Wildman–Crippen LogP) is 3.52. The largest absolute Gasteiger partial charge is 0.454 e. The normalized spacial score (nSPS) is 18.3. The highest BCUT2D eigenvalue weighted by Crippen LogP contribution is 2.57. The minimum Gasteiger partial charge on any atom is -0.454 e. The average Bonchev–Trinajstić information content (AvgIpc) is 2.97. The van der Waals surface area contributed by atoms with Gasteiger partial charge >= 0.3 is 0 Å². The Morgan fingerprint density at radius 1 is 1.42 bits per heavy atom. The lowest BCUT2D eigenvalue weighted by atomic mass is 9.90. The van der Waals surface area contributed by atoms with Crippen LogP contribution in [0.2, 0.25) is 5.02 Å². The first-order chi connectivity index (χ1) is 9.09. The summed E-state index contributed by atoms with van der Waals surface area (Å²) in [6.07, 6.45) is 3.32. The maximum absolute atomic E-state index is 10.7. The first kappa shape index (κ1) is 12.5. The average molecular weight is 280 g/mol. The van der Waals surface area contributed by atoms with E-state index in [0.29, 0.717) is 10.8 Å². The fraction of sp³-hybridized carbons (Fsp3) is 0.500. The monoisotopic (exact) mass is 279 g/mol. The molecule has 19 heavy (non-hydrogen) atoms. The van der Waals surface area contributed by atoms with Crippen molar-refractivity contribution in [1.82, 2.24) is 0 Å². The Labute approximate surface area is 116 Å². The third-order valence-electron chi connectivity index (χ3n) is 3.68. The van der Waals surface area contributed by atoms with Gasteiger partial charge in [0.1, 0.15) is 5.54 Å². The van der Waals surface area contributed by atoms with Crippen LogP contribution >= 0.6 is 11.6 Å². The molecular formula is C14H14ClNO3. The highest BCUT2D eigenvalue weighted by Gasteiger charge is 2.49. The molecule has 0 unspecified atom stereocenters. The summed E-state index contributed by atoms with van der Waals surface area (Å²) in [6.45, 7) is 4.34. The van der Waals surface area contributed by atoms with Crippen molar-refractivity contribution in [2.75, 3.05) is 6.79 Å². The van der Waals surface area contributed by atoms with Crippen molar-refractivity contribution in [3.63, 3.8) is 0 Å². The van der Waals surface area contributed by atoms with Crippen LogP contribution in [-0.4, -0.2) is 12.9 Å². The summed E-state index contributed by atoms with van der Waals surface area (Å²) in [4.78, 5) is 14.7. The lowest BCUT2D eigenvalue weighted by Crippen LogP contribution is -2.10. The Bertz CT molecular complexity index is 587. The molecule has 0 spiro atoms. The van der Waals surface area contributed by atoms with E-state index < -0.39 is 5.54 Å². The van der Waals surface area contributed by atoms with E-state index in [9.17, 15) is 4.79 Å². The summed E-state index contributed by atoms with van der Waals surface area (Å²) in [5.41, 5.74) is 1.40. The third-order valence-corrected chi connectivity index (χ3v) is 3.98. The van der Waals surface area contributed by atoms with E-state index in [0.717, 1.165) is 29.7 Å². The van der Waals surface area contributed by atoms with Gasteiger partial charge in [0, 0.05) is 17.2 Å². The molecule has 1 aliphatic heterocycles. The molecule has 1 aromatic rings. The Morgan fingerprint density at radius 2 is 2.16 bits per heavy atom. The minimum atomic E-state index is -0.501. The highest BCUT2D eigenvalue weighted by molar-refractivity contribution is 6.32. The molecule has 1 saturated carbocycles. The first-order valence-corrected chi connectivity index (χ1v) is 6.68. The van der Waals surface area contributed by atoms with Crippen LogP contribution in [0, 0.1) is 0 Å². The molecule has 3 rings (SSSR count). The summed E-state index contributed by atoms with van der Waals surface area (Å²) < 4.78 is 11.0. The number of halogens is 1. The minimum absolute atomic E-state index is 0.207. The Hall–Kier alpha value is -1.51. The Balaban J connectivity index is 2.27. The van der Waals surface area contributed by atoms with E-state index in [2.05, 4.69) is 18.8 Å². The second kappa shape index (κ2) is 4.26. The second-order valence-electron chi connectivity index (χ2n) is 5.27. The van der Waals surface area contributed by atoms with Crippen molar-refractivity contribution in [2.45, 2.75) is 38.1 Å². The van der Waals surface area contributed by atoms with Gasteiger partial charge in [0.15, 0.2) is 11.5 Å². The summed E-state index contributed by atoms with van der Waals surface area (Å²) in [6, 6.07) is 1.76. The van der Waals surface area contributed by atoms with Crippen LogP contribution in [0.4, 0.5) is 0 Å². The number of rotatable bonds is 3. The van der Waals surface area contributed by atoms with Gasteiger partial charge in [0.25, 0.3) is 0 Å². The number of isocyanates is 1. The van der Waals surface area contributed by atoms with Gasteiger partial charge in [-0.3, -0.25) is 0 Å². The van der Waals surface area contributed by atoms with Gasteiger partial charge < -0.3 is 9.47 Å². The molecule has 0 atom stereocenters. The molecule has 2 aliphatic rings. The molecule has 0 N–H and O–H groups in total. The zero-order valence-corrected chi connectivity index (χ0v) is 11.6. The SMILES string of the molecule is CC(C)c1c2c(cc(Cl)c1C1(N=C=O)CC1)OCO2. The van der Waals surface area contributed by atoms with Gasteiger partial charge in [-0.1, -0.05) is 25.4 Å². The van der Waals surface area contributed by atoms with Crippen LogP contribution in [-0.2, 0) is 10.3 Å². The summed E-state index contributed by atoms with van der Waals surface area (Å²) in [7, 11) is 0. The van der Waals surface area contributed by atoms with E-state index in [1.165, 1.54) is 0 Å². The van der Waals surface area contributed by atoms with E-state index in [1.807, 2.05) is 0 Å². The third kappa shape index (κ3) is 1.83. The van der Waals surface area contributed by atoms with Crippen molar-refractivity contribution in [2.24, 2.45) is 4.99 Å². The Kier molecular flexibility index (Phi) is 2.80. The second-order valence-corrected chi connectivity index (χ2v) is 5.68. The number of benzene rings is 1. The van der Waals surface area contributed by atoms with Crippen LogP contribution in [0.5, 0.6) is 11.5 Å². The van der Waals surface area contributed by atoms with Gasteiger partial charge in [0.05, 0.1) is 5.02 Å². The van der Waals surface area contributed by atoms with E-state index in [-0.39, 0.29) is 12.7 Å². The molecular weight excluding hydrogens is 266 g/mol. The molecule has 1 aliphatic carbocycles.